The molecular formula is C15H28N2O3. The maximum Gasteiger partial charge on any atom is 0.315 e. The van der Waals surface area contributed by atoms with Crippen LogP contribution in [0.5, 0.6) is 0 Å². The first kappa shape index (κ1) is 16.8. The molecule has 0 saturated heterocycles. The van der Waals surface area contributed by atoms with Crippen molar-refractivity contribution < 1.29 is 14.7 Å². The lowest BCUT2D eigenvalue weighted by atomic mass is 9.99. The Morgan fingerprint density at radius 3 is 2.35 bits per heavy atom. The molecule has 0 aromatic rings. The maximum absolute atomic E-state index is 11.9. The molecule has 0 heterocycles. The number of carboxylic acid groups (broad SMARTS) is 1. The molecule has 5 heteroatoms. The largest absolute Gasteiger partial charge is 0.481 e. The van der Waals surface area contributed by atoms with Gasteiger partial charge < -0.3 is 15.7 Å². The van der Waals surface area contributed by atoms with E-state index in [9.17, 15) is 9.59 Å². The van der Waals surface area contributed by atoms with Crippen LogP contribution in [0.3, 0.4) is 0 Å². The Morgan fingerprint density at radius 1 is 1.25 bits per heavy atom. The number of carbonyl (C=O) groups excluding carboxylic acids is 1. The van der Waals surface area contributed by atoms with Crippen molar-refractivity contribution in [1.29, 1.82) is 0 Å². The summed E-state index contributed by atoms with van der Waals surface area (Å²) in [7, 11) is 0. The minimum atomic E-state index is -0.755. The molecular weight excluding hydrogens is 256 g/mol. The highest BCUT2D eigenvalue weighted by Crippen LogP contribution is 2.39. The Labute approximate surface area is 121 Å². The van der Waals surface area contributed by atoms with Crippen LogP contribution in [0.4, 0.5) is 4.79 Å². The van der Waals surface area contributed by atoms with Crippen molar-refractivity contribution in [2.45, 2.75) is 71.4 Å². The third kappa shape index (κ3) is 5.80. The highest BCUT2D eigenvalue weighted by Gasteiger charge is 2.38. The van der Waals surface area contributed by atoms with Crippen LogP contribution in [-0.2, 0) is 4.79 Å². The van der Waals surface area contributed by atoms with Crippen molar-refractivity contribution in [2.75, 3.05) is 0 Å². The fraction of sp³-hybridized carbons (Fsp3) is 0.867. The smallest absolute Gasteiger partial charge is 0.315 e. The number of urea groups is 1. The lowest BCUT2D eigenvalue weighted by Crippen LogP contribution is -2.51. The first-order chi connectivity index (χ1) is 9.22. The normalized spacial score (nSPS) is 18.2. The van der Waals surface area contributed by atoms with Crippen molar-refractivity contribution in [1.82, 2.24) is 10.6 Å². The summed E-state index contributed by atoms with van der Waals surface area (Å²) in [6, 6.07) is -0.0633. The Kier molecular flexibility index (Phi) is 5.84. The molecule has 0 bridgehead atoms. The van der Waals surface area contributed by atoms with Gasteiger partial charge in [-0.3, -0.25) is 4.79 Å². The van der Waals surface area contributed by atoms with Gasteiger partial charge in [-0.2, -0.15) is 0 Å². The Hall–Kier alpha value is -1.26. The second-order valence-electron chi connectivity index (χ2n) is 6.67. The number of hydrogen-bond acceptors (Lipinski definition) is 2. The standard InChI is InChI=1S/C15H28N2O3/c1-10(13(18)19)6-5-7-11(2)16-14(20)17-15(3,4)12-8-9-12/h10-12H,5-9H2,1-4H3,(H,18,19)(H2,16,17,20). The molecule has 0 spiro atoms. The van der Waals surface area contributed by atoms with E-state index >= 15 is 0 Å². The zero-order valence-electron chi connectivity index (χ0n) is 13.0. The Balaban J connectivity index is 2.19. The molecule has 1 rings (SSSR count). The van der Waals surface area contributed by atoms with E-state index in [0.29, 0.717) is 12.3 Å². The van der Waals surface area contributed by atoms with E-state index in [1.807, 2.05) is 6.92 Å². The fourth-order valence-electron chi connectivity index (χ4n) is 2.39. The predicted molar refractivity (Wildman–Crippen MR) is 78.6 cm³/mol. The van der Waals surface area contributed by atoms with E-state index in [0.717, 1.165) is 12.8 Å². The monoisotopic (exact) mass is 284 g/mol. The summed E-state index contributed by atoms with van der Waals surface area (Å²) < 4.78 is 0. The first-order valence-corrected chi connectivity index (χ1v) is 7.54. The molecule has 1 aliphatic carbocycles. The van der Waals surface area contributed by atoms with E-state index in [4.69, 9.17) is 5.11 Å². The van der Waals surface area contributed by atoms with Gasteiger partial charge in [0.25, 0.3) is 0 Å². The summed E-state index contributed by atoms with van der Waals surface area (Å²) in [5.74, 6) is -0.473. The van der Waals surface area contributed by atoms with Crippen molar-refractivity contribution in [3.05, 3.63) is 0 Å². The van der Waals surface area contributed by atoms with Gasteiger partial charge in [0.2, 0.25) is 0 Å². The number of carbonyl (C=O) groups is 2. The van der Waals surface area contributed by atoms with Crippen LogP contribution >= 0.6 is 0 Å². The zero-order valence-corrected chi connectivity index (χ0v) is 13.0. The molecule has 0 radical (unpaired) electrons. The van der Waals surface area contributed by atoms with Crippen LogP contribution in [0.25, 0.3) is 0 Å². The molecule has 20 heavy (non-hydrogen) atoms. The average molecular weight is 284 g/mol. The summed E-state index contributed by atoms with van der Waals surface area (Å²) in [6.45, 7) is 7.79. The van der Waals surface area contributed by atoms with Crippen molar-refractivity contribution in [2.24, 2.45) is 11.8 Å². The van der Waals surface area contributed by atoms with E-state index in [-0.39, 0.29) is 23.5 Å². The topological polar surface area (TPSA) is 78.4 Å². The van der Waals surface area contributed by atoms with Gasteiger partial charge in [-0.15, -0.1) is 0 Å². The quantitative estimate of drug-likeness (QED) is 0.641. The molecule has 3 N–H and O–H groups in total. The molecule has 0 aromatic carbocycles. The molecule has 1 fully saturated rings. The van der Waals surface area contributed by atoms with Gasteiger partial charge in [-0.1, -0.05) is 13.3 Å². The van der Waals surface area contributed by atoms with E-state index in [1.165, 1.54) is 12.8 Å². The van der Waals surface area contributed by atoms with Gasteiger partial charge in [0.05, 0.1) is 5.92 Å². The van der Waals surface area contributed by atoms with Gasteiger partial charge in [0.1, 0.15) is 0 Å². The number of amides is 2. The molecule has 116 valence electrons. The predicted octanol–water partition coefficient (Wildman–Crippen LogP) is 2.75. The molecule has 1 saturated carbocycles. The van der Waals surface area contributed by atoms with Gasteiger partial charge >= 0.3 is 12.0 Å². The molecule has 5 nitrogen and oxygen atoms in total. The first-order valence-electron chi connectivity index (χ1n) is 7.54. The highest BCUT2D eigenvalue weighted by molar-refractivity contribution is 5.75. The van der Waals surface area contributed by atoms with Crippen LogP contribution < -0.4 is 10.6 Å². The van der Waals surface area contributed by atoms with Crippen LogP contribution in [0.1, 0.15) is 59.8 Å². The van der Waals surface area contributed by atoms with Crippen molar-refractivity contribution in [3.8, 4) is 0 Å². The van der Waals surface area contributed by atoms with E-state index in [1.54, 1.807) is 6.92 Å². The number of aliphatic carboxylic acids is 1. The van der Waals surface area contributed by atoms with Crippen LogP contribution in [0, 0.1) is 11.8 Å². The Bertz CT molecular complexity index is 351. The maximum atomic E-state index is 11.9. The van der Waals surface area contributed by atoms with Gasteiger partial charge in [-0.25, -0.2) is 4.79 Å². The fourth-order valence-corrected chi connectivity index (χ4v) is 2.39. The summed E-state index contributed by atoms with van der Waals surface area (Å²) in [5, 5.41) is 14.7. The van der Waals surface area contributed by atoms with Gasteiger partial charge in [0, 0.05) is 11.6 Å². The Morgan fingerprint density at radius 2 is 1.85 bits per heavy atom. The average Bonchev–Trinajstić information content (AvgIpc) is 3.11. The van der Waals surface area contributed by atoms with Crippen LogP contribution in [-0.4, -0.2) is 28.7 Å². The summed E-state index contributed by atoms with van der Waals surface area (Å²) in [5.41, 5.74) is -0.137. The number of rotatable bonds is 8. The molecule has 0 aliphatic heterocycles. The summed E-state index contributed by atoms with van der Waals surface area (Å²) in [6.07, 6.45) is 4.64. The SMILES string of the molecule is CC(CCCC(C)C(=O)O)NC(=O)NC(C)(C)C1CC1. The lowest BCUT2D eigenvalue weighted by Gasteiger charge is -2.27. The number of hydrogen-bond donors (Lipinski definition) is 3. The minimum Gasteiger partial charge on any atom is -0.481 e. The second kappa shape index (κ2) is 6.95. The van der Waals surface area contributed by atoms with Crippen molar-refractivity contribution in [3.63, 3.8) is 0 Å². The second-order valence-corrected chi connectivity index (χ2v) is 6.67. The van der Waals surface area contributed by atoms with Crippen LogP contribution in [0.15, 0.2) is 0 Å². The third-order valence-corrected chi connectivity index (χ3v) is 4.11. The molecule has 2 amide bonds. The summed E-state index contributed by atoms with van der Waals surface area (Å²) >= 11 is 0. The van der Waals surface area contributed by atoms with E-state index in [2.05, 4.69) is 24.5 Å². The summed E-state index contributed by atoms with van der Waals surface area (Å²) in [4.78, 5) is 22.6. The van der Waals surface area contributed by atoms with E-state index < -0.39 is 5.97 Å². The van der Waals surface area contributed by atoms with Crippen LogP contribution in [0.2, 0.25) is 0 Å². The highest BCUT2D eigenvalue weighted by atomic mass is 16.4. The van der Waals surface area contributed by atoms with Gasteiger partial charge in [-0.05, 0) is 52.4 Å². The third-order valence-electron chi connectivity index (χ3n) is 4.11. The molecule has 2 unspecified atom stereocenters. The molecule has 0 aromatic heterocycles. The van der Waals surface area contributed by atoms with Crippen molar-refractivity contribution >= 4 is 12.0 Å². The number of carboxylic acids is 1. The molecule has 2 atom stereocenters. The minimum absolute atomic E-state index is 0.0611. The number of nitrogens with one attached hydrogen (secondary N) is 2. The lowest BCUT2D eigenvalue weighted by molar-refractivity contribution is -0.141. The van der Waals surface area contributed by atoms with Gasteiger partial charge in [0.15, 0.2) is 0 Å². The molecule has 1 aliphatic rings. The zero-order chi connectivity index (χ0) is 15.3.